The van der Waals surface area contributed by atoms with E-state index in [1.807, 2.05) is 31.4 Å². The summed E-state index contributed by atoms with van der Waals surface area (Å²) in [6.45, 7) is 6.16. The molecule has 4 heterocycles. The lowest BCUT2D eigenvalue weighted by atomic mass is 9.72. The molecule has 0 bridgehead atoms. The lowest BCUT2D eigenvalue weighted by Gasteiger charge is -2.35. The number of aromatic nitrogens is 10. The zero-order valence-electron chi connectivity index (χ0n) is 37.1. The van der Waals surface area contributed by atoms with Gasteiger partial charge in [-0.15, -0.1) is 11.3 Å². The van der Waals surface area contributed by atoms with Gasteiger partial charge in [0.25, 0.3) is 0 Å². The van der Waals surface area contributed by atoms with E-state index in [0.717, 1.165) is 43.7 Å². The molecule has 2 unspecified atom stereocenters. The van der Waals surface area contributed by atoms with Gasteiger partial charge >= 0.3 is 18.0 Å². The number of hydrogen-bond donors (Lipinski definition) is 0. The van der Waals surface area contributed by atoms with Gasteiger partial charge in [0.15, 0.2) is 6.61 Å². The smallest absolute Gasteiger partial charge is 0.350 e. The van der Waals surface area contributed by atoms with Gasteiger partial charge in [0, 0.05) is 39.8 Å². The van der Waals surface area contributed by atoms with Crippen LogP contribution in [0.5, 0.6) is 5.75 Å². The number of benzene rings is 4. The molecule has 4 aromatic carbocycles. The molecule has 0 saturated heterocycles. The fourth-order valence-electron chi connectivity index (χ4n) is 7.69. The maximum absolute atomic E-state index is 14.9. The second-order valence-corrected chi connectivity index (χ2v) is 17.4. The molecule has 0 N–H and O–H groups in total. The van der Waals surface area contributed by atoms with Crippen molar-refractivity contribution in [1.82, 2.24) is 48.9 Å². The Morgan fingerprint density at radius 1 is 0.757 bits per heavy atom. The molecule has 8 aromatic rings. The Hall–Kier alpha value is -7.54. The molecule has 0 aliphatic carbocycles. The summed E-state index contributed by atoms with van der Waals surface area (Å²) in [6.07, 6.45) is 3.08. The summed E-state index contributed by atoms with van der Waals surface area (Å²) in [5.74, 6) is -7.39. The average molecular weight is 992 g/mol. The first kappa shape index (κ1) is 51.8. The van der Waals surface area contributed by atoms with Gasteiger partial charge in [-0.3, -0.25) is 9.36 Å². The van der Waals surface area contributed by atoms with Crippen molar-refractivity contribution in [2.45, 2.75) is 83.3 Å². The third-order valence-corrected chi connectivity index (χ3v) is 13.0. The Morgan fingerprint density at radius 2 is 1.31 bits per heavy atom. The van der Waals surface area contributed by atoms with Crippen LogP contribution in [0.15, 0.2) is 127 Å². The largest absolute Gasteiger partial charge is 0.487 e. The number of ether oxygens (including phenoxy) is 1. The summed E-state index contributed by atoms with van der Waals surface area (Å²) in [5, 5.41) is 24.2. The highest BCUT2D eigenvalue weighted by molar-refractivity contribution is 7.10. The molecule has 0 amide bonds. The predicted molar refractivity (Wildman–Crippen MR) is 244 cm³/mol. The fraction of sp³-hybridized carbons (Fsp3) is 0.292. The minimum absolute atomic E-state index is 0. The van der Waals surface area contributed by atoms with Gasteiger partial charge in [-0.05, 0) is 66.6 Å². The number of hydrogen-bond acceptors (Lipinski definition) is 10. The number of nitrogens with zero attached hydrogens (tertiary/aromatic N) is 11. The second-order valence-electron chi connectivity index (χ2n) is 16.5. The van der Waals surface area contributed by atoms with Gasteiger partial charge in [-0.1, -0.05) is 52.5 Å². The first-order valence-corrected chi connectivity index (χ1v) is 21.8. The Bertz CT molecular complexity index is 3080. The highest BCUT2D eigenvalue weighted by Crippen LogP contribution is 2.43. The maximum atomic E-state index is 14.9. The highest BCUT2D eigenvalue weighted by Gasteiger charge is 2.42. The summed E-state index contributed by atoms with van der Waals surface area (Å²) < 4.78 is 118. The highest BCUT2D eigenvalue weighted by atomic mass is 32.1. The molecule has 366 valence electrons. The van der Waals surface area contributed by atoms with Crippen LogP contribution < -0.4 is 10.4 Å². The topological polar surface area (TPSA) is 147 Å². The van der Waals surface area contributed by atoms with Crippen molar-refractivity contribution in [3.8, 4) is 28.8 Å². The van der Waals surface area contributed by atoms with Crippen molar-refractivity contribution in [2.75, 3.05) is 6.61 Å². The minimum Gasteiger partial charge on any atom is -0.487 e. The van der Waals surface area contributed by atoms with Gasteiger partial charge in [-0.2, -0.15) is 29.3 Å². The Balaban J connectivity index is 0.000000231. The molecule has 4 atom stereocenters. The van der Waals surface area contributed by atoms with E-state index in [9.17, 15) is 39.9 Å². The van der Waals surface area contributed by atoms with Gasteiger partial charge in [-0.25, -0.2) is 55.3 Å². The first-order chi connectivity index (χ1) is 32.8. The van der Waals surface area contributed by atoms with Crippen molar-refractivity contribution < 1.29 is 39.9 Å². The number of thiazole rings is 1. The van der Waals surface area contributed by atoms with Crippen LogP contribution in [0.3, 0.4) is 0 Å². The maximum Gasteiger partial charge on any atom is 0.350 e. The molecule has 0 spiro atoms. The van der Waals surface area contributed by atoms with Crippen molar-refractivity contribution in [1.29, 1.82) is 5.26 Å². The fourth-order valence-corrected chi connectivity index (χ4v) is 8.72. The SMILES string of the molecule is C.CC(n1ncn(-c2ccc(OCC(F)(F)C(F)F)cc2)c1=O)C(C)(Cn1cncn1)c1ccc(F)cc1F.C[C@@H](c1nc(-c2ccc(C#N)cc2)cs1)[C@](C)(Cn1cncn1)c1ccc(F)cc1F. The molecule has 0 aliphatic heterocycles. The Kier molecular flexibility index (Phi) is 15.8. The van der Waals surface area contributed by atoms with Crippen LogP contribution in [0.2, 0.25) is 0 Å². The molecular formula is C48H45F8N11O2S. The molecule has 0 fully saturated rings. The third-order valence-electron chi connectivity index (χ3n) is 12.0. The molecule has 13 nitrogen and oxygen atoms in total. The molecule has 0 saturated carbocycles. The molecule has 0 radical (unpaired) electrons. The molecule has 70 heavy (non-hydrogen) atoms. The van der Waals surface area contributed by atoms with Crippen LogP contribution in [0.1, 0.15) is 68.8 Å². The molecule has 8 rings (SSSR count). The summed E-state index contributed by atoms with van der Waals surface area (Å²) in [7, 11) is 0. The molecular weight excluding hydrogens is 947 g/mol. The number of halogens is 8. The van der Waals surface area contributed by atoms with Crippen molar-refractivity contribution in [2.24, 2.45) is 0 Å². The lowest BCUT2D eigenvalue weighted by Crippen LogP contribution is -2.42. The lowest BCUT2D eigenvalue weighted by molar-refractivity contribution is -0.148. The quantitative estimate of drug-likeness (QED) is 0.0863. The van der Waals surface area contributed by atoms with E-state index in [2.05, 4.69) is 31.3 Å². The monoisotopic (exact) mass is 991 g/mol. The van der Waals surface area contributed by atoms with Crippen LogP contribution in [-0.4, -0.2) is 67.8 Å². The van der Waals surface area contributed by atoms with E-state index >= 15 is 0 Å². The Morgan fingerprint density at radius 3 is 1.83 bits per heavy atom. The van der Waals surface area contributed by atoms with Gasteiger partial charge < -0.3 is 4.74 Å². The zero-order chi connectivity index (χ0) is 49.7. The van der Waals surface area contributed by atoms with Gasteiger partial charge in [0.2, 0.25) is 0 Å². The number of alkyl halides is 4. The van der Waals surface area contributed by atoms with Gasteiger partial charge in [0.05, 0.1) is 47.2 Å². The first-order valence-electron chi connectivity index (χ1n) is 20.9. The van der Waals surface area contributed by atoms with E-state index in [-0.39, 0.29) is 36.9 Å². The zero-order valence-corrected chi connectivity index (χ0v) is 37.9. The standard InChI is InChI=1S/C24H22F6N6O2.C23H19F2N5S.CH4/c1-15(23(2,10-34-13-31-12-32-34)19-8-3-16(25)9-20(19)26)36-22(37)35(14-33-36)17-4-6-18(7-5-17)38-11-24(29,30)21(27)28;1-15(22-29-21(11-31-22)17-5-3-16(10-26)4-6-17)23(2,12-30-14-27-13-28-30)19-8-7-18(24)9-20(19)25;/h3-9,12-15,21H,10-11H2,1-2H3;3-9,11,13-15H,12H2,1-2H3;1H4/t;15-,23-;/m.0./s1. The molecule has 22 heteroatoms. The average Bonchev–Trinajstić information content (AvgIpc) is 4.18. The van der Waals surface area contributed by atoms with E-state index in [1.54, 1.807) is 37.0 Å². The van der Waals surface area contributed by atoms with Crippen LogP contribution in [0.25, 0.3) is 16.9 Å². The van der Waals surface area contributed by atoms with Crippen LogP contribution >= 0.6 is 11.3 Å². The molecule has 4 aromatic heterocycles. The Labute approximate surface area is 400 Å². The van der Waals surface area contributed by atoms with Crippen LogP contribution in [0, 0.1) is 34.6 Å². The van der Waals surface area contributed by atoms with E-state index < -0.39 is 64.8 Å². The number of rotatable bonds is 16. The van der Waals surface area contributed by atoms with E-state index in [0.29, 0.717) is 17.7 Å². The summed E-state index contributed by atoms with van der Waals surface area (Å²) in [4.78, 5) is 26.0. The second kappa shape index (κ2) is 21.4. The van der Waals surface area contributed by atoms with Gasteiger partial charge in [0.1, 0.15) is 60.7 Å². The summed E-state index contributed by atoms with van der Waals surface area (Å²) in [6, 6.07) is 20.6. The predicted octanol–water partition coefficient (Wildman–Crippen LogP) is 10.4. The van der Waals surface area contributed by atoms with Crippen molar-refractivity contribution >= 4 is 11.3 Å². The summed E-state index contributed by atoms with van der Waals surface area (Å²) >= 11 is 1.49. The number of nitriles is 1. The van der Waals surface area contributed by atoms with E-state index in [4.69, 9.17) is 15.0 Å². The van der Waals surface area contributed by atoms with Crippen LogP contribution in [-0.2, 0) is 23.9 Å². The van der Waals surface area contributed by atoms with Crippen molar-refractivity contribution in [3.63, 3.8) is 0 Å². The van der Waals surface area contributed by atoms with Crippen molar-refractivity contribution in [3.05, 3.63) is 177 Å². The van der Waals surface area contributed by atoms with E-state index in [1.165, 1.54) is 83.8 Å². The minimum atomic E-state index is -4.31. The van der Waals surface area contributed by atoms with Crippen LogP contribution in [0.4, 0.5) is 35.1 Å². The normalized spacial score (nSPS) is 14.1. The molecule has 0 aliphatic rings. The third kappa shape index (κ3) is 11.1. The summed E-state index contributed by atoms with van der Waals surface area (Å²) in [5.41, 5.74) is 0.568.